The Hall–Kier alpha value is -3.85. The van der Waals surface area contributed by atoms with Crippen molar-refractivity contribution in [2.75, 3.05) is 75.2 Å². The molecule has 2 heterocycles. The first-order valence-corrected chi connectivity index (χ1v) is 13.4. The number of anilines is 4. The first-order chi connectivity index (χ1) is 19.7. The maximum Gasteiger partial charge on any atom is 0.233 e. The van der Waals surface area contributed by atoms with Gasteiger partial charge in [-0.1, -0.05) is 12.1 Å². The number of rotatable bonds is 21. The number of hydrogen-bond donors (Lipinski definition) is 6. The van der Waals surface area contributed by atoms with Crippen LogP contribution in [-0.4, -0.2) is 94.7 Å². The molecule has 2 aromatic heterocycles. The largest absolute Gasteiger partial charge is 0.396 e. The van der Waals surface area contributed by atoms with E-state index in [0.29, 0.717) is 76.9 Å². The molecular weight excluding hydrogens is 516 g/mol. The Kier molecular flexibility index (Phi) is 14.1. The van der Waals surface area contributed by atoms with Gasteiger partial charge < -0.3 is 46.1 Å². The van der Waals surface area contributed by atoms with Crippen LogP contribution in [0.5, 0.6) is 0 Å². The Morgan fingerprint density at radius 2 is 1.60 bits per heavy atom. The van der Waals surface area contributed by atoms with E-state index in [9.17, 15) is 4.79 Å². The highest BCUT2D eigenvalue weighted by molar-refractivity contribution is 5.78. The van der Waals surface area contributed by atoms with Gasteiger partial charge in [0.25, 0.3) is 0 Å². The summed E-state index contributed by atoms with van der Waals surface area (Å²) < 4.78 is 12.6. The average Bonchev–Trinajstić information content (AvgIpc) is 3.47. The fourth-order valence-electron chi connectivity index (χ4n) is 3.50. The van der Waals surface area contributed by atoms with Crippen molar-refractivity contribution in [1.29, 1.82) is 0 Å². The van der Waals surface area contributed by atoms with E-state index in [-0.39, 0.29) is 18.9 Å². The molecule has 1 amide bonds. The molecule has 0 aliphatic rings. The fourth-order valence-corrected chi connectivity index (χ4v) is 3.50. The summed E-state index contributed by atoms with van der Waals surface area (Å²) in [5.41, 5.74) is 7.00. The van der Waals surface area contributed by atoms with E-state index in [0.717, 1.165) is 24.2 Å². The van der Waals surface area contributed by atoms with E-state index in [1.54, 1.807) is 12.5 Å². The standard InChI is InChI=1S/C26H40N10O4/c27-7-15-39-17-18-40-16-11-29-23(38)19-21-3-5-22(6-4-21)32-26-34-24(33-25(35-26)31-9-2-14-37)30-8-1-12-36-13-10-28-20-36/h3-6,10,13,20,37H,1-2,7-9,11-12,14-19,27H2,(H,29,38)(H3,30,31,32,33,34,35). The Morgan fingerprint density at radius 3 is 2.27 bits per heavy atom. The molecule has 0 atom stereocenters. The maximum atomic E-state index is 12.2. The second-order valence-electron chi connectivity index (χ2n) is 8.75. The van der Waals surface area contributed by atoms with Crippen LogP contribution in [0.4, 0.5) is 23.5 Å². The van der Waals surface area contributed by atoms with Gasteiger partial charge in [0.15, 0.2) is 0 Å². The quantitative estimate of drug-likeness (QED) is 0.101. The van der Waals surface area contributed by atoms with Gasteiger partial charge in [-0.3, -0.25) is 4.79 Å². The molecule has 7 N–H and O–H groups in total. The summed E-state index contributed by atoms with van der Waals surface area (Å²) in [6.07, 6.45) is 7.16. The number of nitrogens with two attached hydrogens (primary N) is 1. The predicted molar refractivity (Wildman–Crippen MR) is 152 cm³/mol. The number of nitrogens with zero attached hydrogens (tertiary/aromatic N) is 5. The molecule has 0 aliphatic heterocycles. The number of imidazole rings is 1. The van der Waals surface area contributed by atoms with Crippen molar-refractivity contribution in [3.8, 4) is 0 Å². The highest BCUT2D eigenvalue weighted by atomic mass is 16.5. The van der Waals surface area contributed by atoms with E-state index in [1.807, 2.05) is 35.0 Å². The van der Waals surface area contributed by atoms with Gasteiger partial charge in [-0.05, 0) is 30.5 Å². The summed E-state index contributed by atoms with van der Waals surface area (Å²) in [4.78, 5) is 29.7. The molecule has 0 radical (unpaired) electrons. The van der Waals surface area contributed by atoms with E-state index < -0.39 is 0 Å². The fraction of sp³-hybridized carbons (Fsp3) is 0.500. The first kappa shape index (κ1) is 30.7. The number of amides is 1. The van der Waals surface area contributed by atoms with Gasteiger partial charge in [-0.25, -0.2) is 4.98 Å². The second kappa shape index (κ2) is 18.4. The Bertz CT molecular complexity index is 1100. The Labute approximate surface area is 234 Å². The number of carbonyl (C=O) groups is 1. The minimum Gasteiger partial charge on any atom is -0.396 e. The molecule has 0 fully saturated rings. The van der Waals surface area contributed by atoms with Crippen LogP contribution >= 0.6 is 0 Å². The summed E-state index contributed by atoms with van der Waals surface area (Å²) in [5, 5.41) is 21.5. The summed E-state index contributed by atoms with van der Waals surface area (Å²) in [6, 6.07) is 7.50. The smallest absolute Gasteiger partial charge is 0.233 e. The van der Waals surface area contributed by atoms with Crippen LogP contribution in [0.1, 0.15) is 18.4 Å². The molecule has 3 rings (SSSR count). The lowest BCUT2D eigenvalue weighted by molar-refractivity contribution is -0.120. The summed E-state index contributed by atoms with van der Waals surface area (Å²) in [5.74, 6) is 1.14. The number of aryl methyl sites for hydroxylation is 1. The second-order valence-corrected chi connectivity index (χ2v) is 8.75. The Morgan fingerprint density at radius 1 is 0.900 bits per heavy atom. The third kappa shape index (κ3) is 12.3. The topological polar surface area (TPSA) is 186 Å². The van der Waals surface area contributed by atoms with Crippen LogP contribution in [-0.2, 0) is 27.2 Å². The summed E-state index contributed by atoms with van der Waals surface area (Å²) in [6.45, 7) is 4.92. The molecule has 14 nitrogen and oxygen atoms in total. The van der Waals surface area contributed by atoms with Crippen molar-refractivity contribution in [1.82, 2.24) is 29.8 Å². The molecule has 40 heavy (non-hydrogen) atoms. The molecule has 218 valence electrons. The van der Waals surface area contributed by atoms with Crippen LogP contribution in [0.15, 0.2) is 43.0 Å². The number of benzene rings is 1. The number of aromatic nitrogens is 5. The molecule has 0 saturated carbocycles. The number of hydrogen-bond acceptors (Lipinski definition) is 12. The Balaban J connectivity index is 1.46. The van der Waals surface area contributed by atoms with Crippen molar-refractivity contribution in [2.45, 2.75) is 25.8 Å². The molecule has 0 aliphatic carbocycles. The molecule has 3 aromatic rings. The van der Waals surface area contributed by atoms with Gasteiger partial charge in [0.2, 0.25) is 23.8 Å². The molecule has 0 unspecified atom stereocenters. The van der Waals surface area contributed by atoms with Crippen molar-refractivity contribution >= 4 is 29.4 Å². The molecule has 0 spiro atoms. The number of ether oxygens (including phenoxy) is 2. The monoisotopic (exact) mass is 556 g/mol. The molecule has 1 aromatic carbocycles. The number of nitrogens with one attached hydrogen (secondary N) is 4. The number of aliphatic hydroxyl groups is 1. The summed E-state index contributed by atoms with van der Waals surface area (Å²) in [7, 11) is 0. The maximum absolute atomic E-state index is 12.2. The van der Waals surface area contributed by atoms with Crippen LogP contribution in [0.25, 0.3) is 0 Å². The minimum atomic E-state index is -0.0801. The lowest BCUT2D eigenvalue weighted by atomic mass is 10.1. The van der Waals surface area contributed by atoms with Gasteiger partial charge in [0.05, 0.1) is 39.2 Å². The van der Waals surface area contributed by atoms with Crippen LogP contribution in [0.2, 0.25) is 0 Å². The summed E-state index contributed by atoms with van der Waals surface area (Å²) >= 11 is 0. The van der Waals surface area contributed by atoms with Gasteiger partial charge in [0, 0.05) is 57.4 Å². The SMILES string of the molecule is NCCOCCOCCNC(=O)Cc1ccc(Nc2nc(NCCCO)nc(NCCCn3ccnc3)n2)cc1. The van der Waals surface area contributed by atoms with Gasteiger partial charge in [-0.15, -0.1) is 0 Å². The van der Waals surface area contributed by atoms with Crippen LogP contribution in [0, 0.1) is 0 Å². The molecule has 0 bridgehead atoms. The van der Waals surface area contributed by atoms with Gasteiger partial charge in [-0.2, -0.15) is 15.0 Å². The minimum absolute atomic E-state index is 0.0751. The zero-order valence-corrected chi connectivity index (χ0v) is 22.7. The average molecular weight is 557 g/mol. The highest BCUT2D eigenvalue weighted by Gasteiger charge is 2.08. The zero-order valence-electron chi connectivity index (χ0n) is 22.7. The normalized spacial score (nSPS) is 10.8. The number of aliphatic hydroxyl groups excluding tert-OH is 1. The van der Waals surface area contributed by atoms with Crippen molar-refractivity contribution in [3.05, 3.63) is 48.5 Å². The molecule has 0 saturated heterocycles. The van der Waals surface area contributed by atoms with Crippen LogP contribution < -0.4 is 27.0 Å². The van der Waals surface area contributed by atoms with E-state index >= 15 is 0 Å². The zero-order chi connectivity index (χ0) is 28.3. The van der Waals surface area contributed by atoms with E-state index in [2.05, 4.69) is 41.2 Å². The first-order valence-electron chi connectivity index (χ1n) is 13.4. The van der Waals surface area contributed by atoms with Gasteiger partial charge in [0.1, 0.15) is 0 Å². The van der Waals surface area contributed by atoms with E-state index in [1.165, 1.54) is 0 Å². The highest BCUT2D eigenvalue weighted by Crippen LogP contribution is 2.17. The lowest BCUT2D eigenvalue weighted by Crippen LogP contribution is -2.29. The van der Waals surface area contributed by atoms with Crippen LogP contribution in [0.3, 0.4) is 0 Å². The van der Waals surface area contributed by atoms with E-state index in [4.69, 9.17) is 20.3 Å². The van der Waals surface area contributed by atoms with Crippen molar-refractivity contribution in [3.63, 3.8) is 0 Å². The third-order valence-corrected chi connectivity index (χ3v) is 5.47. The van der Waals surface area contributed by atoms with Crippen molar-refractivity contribution in [2.24, 2.45) is 5.73 Å². The predicted octanol–water partition coefficient (Wildman–Crippen LogP) is 0.759. The lowest BCUT2D eigenvalue weighted by Gasteiger charge is -2.12. The molecule has 14 heteroatoms. The number of carbonyl (C=O) groups excluding carboxylic acids is 1. The molecular formula is C26H40N10O4. The van der Waals surface area contributed by atoms with Crippen molar-refractivity contribution < 1.29 is 19.4 Å². The van der Waals surface area contributed by atoms with Gasteiger partial charge >= 0.3 is 0 Å². The third-order valence-electron chi connectivity index (χ3n) is 5.47.